The van der Waals surface area contributed by atoms with Crippen LogP contribution in [0.4, 0.5) is 0 Å². The van der Waals surface area contributed by atoms with Gasteiger partial charge in [-0.25, -0.2) is 0 Å². The molecule has 0 unspecified atom stereocenters. The molecule has 1 N–H and O–H groups in total. The number of amides is 1. The lowest BCUT2D eigenvalue weighted by molar-refractivity contribution is 0.0544. The van der Waals surface area contributed by atoms with E-state index in [1.165, 1.54) is 0 Å². The van der Waals surface area contributed by atoms with Crippen LogP contribution in [0.5, 0.6) is 5.75 Å². The van der Waals surface area contributed by atoms with Crippen molar-refractivity contribution in [1.29, 1.82) is 0 Å². The van der Waals surface area contributed by atoms with Crippen molar-refractivity contribution in [3.8, 4) is 5.75 Å². The summed E-state index contributed by atoms with van der Waals surface area (Å²) in [5.41, 5.74) is 1.72. The second-order valence-electron chi connectivity index (χ2n) is 3.96. The van der Waals surface area contributed by atoms with E-state index in [0.717, 1.165) is 5.56 Å². The average molecular weight is 251 g/mol. The summed E-state index contributed by atoms with van der Waals surface area (Å²) in [6, 6.07) is 5.55. The molecule has 1 aromatic carbocycles. The predicted molar refractivity (Wildman–Crippen MR) is 65.8 cm³/mol. The smallest absolute Gasteiger partial charge is 0.252 e. The molecule has 1 aliphatic rings. The van der Waals surface area contributed by atoms with Crippen molar-refractivity contribution in [3.63, 3.8) is 0 Å². The molecule has 1 aromatic rings. The zero-order valence-corrected chi connectivity index (χ0v) is 10.4. The monoisotopic (exact) mass is 251 g/mol. The molecule has 0 aromatic heterocycles. The molecule has 18 heavy (non-hydrogen) atoms. The number of fused-ring (bicyclic) bond motifs is 1. The number of ether oxygens (including phenoxy) is 3. The number of methoxy groups -OCH3 is 1. The maximum atomic E-state index is 11.5. The molecule has 98 valence electrons. The molecular weight excluding hydrogens is 234 g/mol. The minimum atomic E-state index is -0.0354. The van der Waals surface area contributed by atoms with Crippen LogP contribution in [-0.4, -0.2) is 39.4 Å². The van der Waals surface area contributed by atoms with Gasteiger partial charge < -0.3 is 19.5 Å². The van der Waals surface area contributed by atoms with Gasteiger partial charge in [0.15, 0.2) is 0 Å². The molecule has 0 saturated carbocycles. The highest BCUT2D eigenvalue weighted by Crippen LogP contribution is 2.21. The van der Waals surface area contributed by atoms with E-state index in [1.54, 1.807) is 13.2 Å². The summed E-state index contributed by atoms with van der Waals surface area (Å²) >= 11 is 0. The molecule has 0 fully saturated rings. The number of hydrogen-bond acceptors (Lipinski definition) is 4. The zero-order valence-electron chi connectivity index (χ0n) is 10.4. The summed E-state index contributed by atoms with van der Waals surface area (Å²) in [4.78, 5) is 11.5. The Balaban J connectivity index is 1.77. The lowest BCUT2D eigenvalue weighted by Crippen LogP contribution is -2.12. The van der Waals surface area contributed by atoms with Crippen LogP contribution in [0.2, 0.25) is 0 Å². The Kier molecular flexibility index (Phi) is 4.55. The number of rotatable bonds is 7. The van der Waals surface area contributed by atoms with Crippen molar-refractivity contribution in [2.75, 3.05) is 33.5 Å². The number of carbonyl (C=O) groups excluding carboxylic acids is 1. The van der Waals surface area contributed by atoms with E-state index in [1.807, 2.05) is 12.1 Å². The Hall–Kier alpha value is -1.59. The van der Waals surface area contributed by atoms with Crippen LogP contribution in [0.25, 0.3) is 0 Å². The van der Waals surface area contributed by atoms with Gasteiger partial charge in [0, 0.05) is 19.2 Å². The summed E-state index contributed by atoms with van der Waals surface area (Å²) in [5.74, 6) is 0.660. The first-order valence-electron chi connectivity index (χ1n) is 5.92. The number of benzene rings is 1. The molecule has 1 heterocycles. The average Bonchev–Trinajstić information content (AvgIpc) is 2.75. The van der Waals surface area contributed by atoms with Gasteiger partial charge in [-0.2, -0.15) is 0 Å². The largest absolute Gasteiger partial charge is 0.491 e. The molecule has 0 saturated heterocycles. The van der Waals surface area contributed by atoms with Gasteiger partial charge in [0.2, 0.25) is 0 Å². The third-order valence-electron chi connectivity index (χ3n) is 2.69. The maximum Gasteiger partial charge on any atom is 0.252 e. The lowest BCUT2D eigenvalue weighted by atomic mass is 10.1. The van der Waals surface area contributed by atoms with Crippen molar-refractivity contribution >= 4 is 5.91 Å². The third-order valence-corrected chi connectivity index (χ3v) is 2.69. The molecule has 0 radical (unpaired) electrons. The second-order valence-corrected chi connectivity index (χ2v) is 3.96. The van der Waals surface area contributed by atoms with Crippen molar-refractivity contribution < 1.29 is 19.0 Å². The van der Waals surface area contributed by atoms with Gasteiger partial charge in [0.05, 0.1) is 19.8 Å². The molecule has 2 rings (SSSR count). The first-order valence-corrected chi connectivity index (χ1v) is 5.92. The minimum absolute atomic E-state index is 0.0354. The first-order chi connectivity index (χ1) is 8.81. The van der Waals surface area contributed by atoms with Gasteiger partial charge in [-0.05, 0) is 17.7 Å². The predicted octanol–water partition coefficient (Wildman–Crippen LogP) is 0.972. The topological polar surface area (TPSA) is 56.8 Å². The van der Waals surface area contributed by atoms with Gasteiger partial charge >= 0.3 is 0 Å². The van der Waals surface area contributed by atoms with Crippen molar-refractivity contribution in [3.05, 3.63) is 29.3 Å². The molecule has 1 amide bonds. The highest BCUT2D eigenvalue weighted by Gasteiger charge is 2.18. The highest BCUT2D eigenvalue weighted by atomic mass is 16.5. The quantitative estimate of drug-likeness (QED) is 0.734. The Morgan fingerprint density at radius 1 is 1.22 bits per heavy atom. The first kappa shape index (κ1) is 12.9. The van der Waals surface area contributed by atoms with Gasteiger partial charge in [-0.3, -0.25) is 4.79 Å². The minimum Gasteiger partial charge on any atom is -0.491 e. The Bertz CT molecular complexity index is 419. The molecule has 0 atom stereocenters. The molecule has 5 nitrogen and oxygen atoms in total. The molecule has 0 aliphatic carbocycles. The van der Waals surface area contributed by atoms with E-state index in [4.69, 9.17) is 14.2 Å². The molecule has 5 heteroatoms. The van der Waals surface area contributed by atoms with E-state index in [-0.39, 0.29) is 5.91 Å². The molecule has 1 aliphatic heterocycles. The van der Waals surface area contributed by atoms with E-state index in [2.05, 4.69) is 5.32 Å². The summed E-state index contributed by atoms with van der Waals surface area (Å²) in [7, 11) is 1.63. The van der Waals surface area contributed by atoms with Crippen molar-refractivity contribution in [1.82, 2.24) is 5.32 Å². The summed E-state index contributed by atoms with van der Waals surface area (Å²) < 4.78 is 15.7. The van der Waals surface area contributed by atoms with Crippen molar-refractivity contribution in [2.24, 2.45) is 0 Å². The molecule has 0 spiro atoms. The van der Waals surface area contributed by atoms with Crippen molar-refractivity contribution in [2.45, 2.75) is 6.54 Å². The molecular formula is C13H17NO4. The summed E-state index contributed by atoms with van der Waals surface area (Å²) in [5, 5.41) is 2.77. The Morgan fingerprint density at radius 2 is 2.06 bits per heavy atom. The van der Waals surface area contributed by atoms with Crippen LogP contribution in [0.15, 0.2) is 18.2 Å². The number of nitrogens with one attached hydrogen (secondary N) is 1. The fourth-order valence-electron chi connectivity index (χ4n) is 1.74. The maximum absolute atomic E-state index is 11.5. The normalized spacial score (nSPS) is 13.3. The Labute approximate surface area is 106 Å². The van der Waals surface area contributed by atoms with Crippen LogP contribution in [0.1, 0.15) is 15.9 Å². The van der Waals surface area contributed by atoms with Crippen LogP contribution in [0, 0.1) is 0 Å². The van der Waals surface area contributed by atoms with E-state index in [0.29, 0.717) is 44.3 Å². The fourth-order valence-corrected chi connectivity index (χ4v) is 1.74. The lowest BCUT2D eigenvalue weighted by Gasteiger charge is -2.07. The number of carbonyl (C=O) groups is 1. The van der Waals surface area contributed by atoms with Gasteiger partial charge in [-0.15, -0.1) is 0 Å². The second kappa shape index (κ2) is 6.37. The van der Waals surface area contributed by atoms with Crippen LogP contribution >= 0.6 is 0 Å². The molecule has 0 bridgehead atoms. The summed E-state index contributed by atoms with van der Waals surface area (Å²) in [6.45, 7) is 2.72. The van der Waals surface area contributed by atoms with Gasteiger partial charge in [0.25, 0.3) is 5.91 Å². The van der Waals surface area contributed by atoms with Crippen LogP contribution in [-0.2, 0) is 16.0 Å². The van der Waals surface area contributed by atoms with E-state index >= 15 is 0 Å². The summed E-state index contributed by atoms with van der Waals surface area (Å²) in [6.07, 6.45) is 0. The highest BCUT2D eigenvalue weighted by molar-refractivity contribution is 5.98. The zero-order chi connectivity index (χ0) is 12.8. The van der Waals surface area contributed by atoms with Crippen LogP contribution in [0.3, 0.4) is 0 Å². The van der Waals surface area contributed by atoms with E-state index < -0.39 is 0 Å². The van der Waals surface area contributed by atoms with Gasteiger partial charge in [-0.1, -0.05) is 6.07 Å². The Morgan fingerprint density at radius 3 is 2.89 bits per heavy atom. The van der Waals surface area contributed by atoms with E-state index in [9.17, 15) is 4.79 Å². The SMILES string of the molecule is COCCOCCOc1ccc2c(c1)C(=O)NC2. The number of hydrogen-bond donors (Lipinski definition) is 1. The fraction of sp³-hybridized carbons (Fsp3) is 0.462. The van der Waals surface area contributed by atoms with Gasteiger partial charge in [0.1, 0.15) is 12.4 Å². The standard InChI is InChI=1S/C13H17NO4/c1-16-4-5-17-6-7-18-11-3-2-10-9-14-13(15)12(10)8-11/h2-3,8H,4-7,9H2,1H3,(H,14,15). The van der Waals surface area contributed by atoms with Crippen LogP contribution < -0.4 is 10.1 Å². The third kappa shape index (κ3) is 3.21.